The Balaban J connectivity index is 1.27. The van der Waals surface area contributed by atoms with Crippen molar-refractivity contribution in [1.82, 2.24) is 14.7 Å². The van der Waals surface area contributed by atoms with Gasteiger partial charge in [-0.2, -0.15) is 0 Å². The normalized spacial score (nSPS) is 30.9. The monoisotopic (exact) mass is 785 g/mol. The maximum Gasteiger partial charge on any atom is 0.409 e. The van der Waals surface area contributed by atoms with Gasteiger partial charge in [-0.3, -0.25) is 19.3 Å². The summed E-state index contributed by atoms with van der Waals surface area (Å²) < 4.78 is 40.5. The number of Topliss-reactive ketones (excluding diaryl/α,β-unsaturated/α-hetero) is 1. The molecule has 18 nitrogen and oxygen atoms in total. The van der Waals surface area contributed by atoms with Crippen molar-refractivity contribution >= 4 is 23.4 Å². The topological polar surface area (TPSA) is 224 Å². The van der Waals surface area contributed by atoms with Crippen molar-refractivity contribution in [3.63, 3.8) is 0 Å². The van der Waals surface area contributed by atoms with Crippen LogP contribution in [0, 0.1) is 0 Å². The number of ether oxygens (including phenoxy) is 7. The van der Waals surface area contributed by atoms with E-state index in [0.29, 0.717) is 19.7 Å². The van der Waals surface area contributed by atoms with Crippen molar-refractivity contribution in [2.45, 2.75) is 74.6 Å². The smallest absolute Gasteiger partial charge is 0.409 e. The van der Waals surface area contributed by atoms with Crippen LogP contribution in [0.5, 0.6) is 17.2 Å². The third-order valence-electron chi connectivity index (χ3n) is 11.3. The number of amides is 1. The number of benzene rings is 2. The standard InChI is InChI=1S/C38H47N3O15/c1-18-33-21(41-12-13-52-35(51-6)34(41)55-33)14-24(54-18)56-38(49)17-37(48,23(42)16-53-36(47)40(4)11-10-39(2)3)15-20-28(38)32(46)27-26(30(20)44)29(43)19-8-7-9-22(50-5)25(19)31(27)45/h7-9,18,21,24,33-35,44,46,48-49H,10-17H2,1-6H3/t18-,21-,24?,33+,34+,35-,37-,38-/m0/s1. The number of methoxy groups -OCH3 is 2. The molecule has 5 aliphatic rings. The summed E-state index contributed by atoms with van der Waals surface area (Å²) in [5.41, 5.74) is -5.10. The van der Waals surface area contributed by atoms with Gasteiger partial charge in [0, 0.05) is 70.2 Å². The van der Waals surface area contributed by atoms with Gasteiger partial charge in [-0.15, -0.1) is 0 Å². The molecule has 0 spiro atoms. The Morgan fingerprint density at radius 1 is 1.00 bits per heavy atom. The Kier molecular flexibility index (Phi) is 10.7. The van der Waals surface area contributed by atoms with Gasteiger partial charge in [0.05, 0.1) is 42.1 Å². The van der Waals surface area contributed by atoms with Gasteiger partial charge in [0.25, 0.3) is 0 Å². The number of phenolic OH excluding ortho intramolecular Hbond substituents is 2. The number of aliphatic hydroxyl groups is 2. The Labute approximate surface area is 322 Å². The average molecular weight is 786 g/mol. The molecule has 4 N–H and O–H groups in total. The largest absolute Gasteiger partial charge is 0.507 e. The molecule has 3 saturated heterocycles. The Morgan fingerprint density at radius 3 is 2.43 bits per heavy atom. The van der Waals surface area contributed by atoms with Crippen molar-refractivity contribution < 1.29 is 72.8 Å². The minimum atomic E-state index is -2.85. The van der Waals surface area contributed by atoms with Crippen LogP contribution < -0.4 is 4.74 Å². The predicted molar refractivity (Wildman–Crippen MR) is 190 cm³/mol. The Bertz CT molecular complexity index is 1940. The molecule has 2 aromatic carbocycles. The summed E-state index contributed by atoms with van der Waals surface area (Å²) in [5, 5.41) is 48.6. The summed E-state index contributed by atoms with van der Waals surface area (Å²) in [4.78, 5) is 59.8. The van der Waals surface area contributed by atoms with Crippen molar-refractivity contribution in [2.75, 3.05) is 68.2 Å². The summed E-state index contributed by atoms with van der Waals surface area (Å²) in [7, 11) is 7.92. The van der Waals surface area contributed by atoms with E-state index in [1.54, 1.807) is 6.92 Å². The van der Waals surface area contributed by atoms with Gasteiger partial charge in [-0.05, 0) is 27.1 Å². The van der Waals surface area contributed by atoms with Gasteiger partial charge in [0.1, 0.15) is 29.0 Å². The number of hydrogen-bond donors (Lipinski definition) is 4. The molecule has 2 aromatic rings. The second kappa shape index (κ2) is 14.9. The third kappa shape index (κ3) is 6.61. The highest BCUT2D eigenvalue weighted by atomic mass is 16.8. The molecule has 0 aromatic heterocycles. The molecule has 8 atom stereocenters. The van der Waals surface area contributed by atoms with Crippen LogP contribution in [0.2, 0.25) is 0 Å². The van der Waals surface area contributed by atoms with Gasteiger partial charge < -0.3 is 63.4 Å². The molecule has 2 aliphatic carbocycles. The first-order valence-electron chi connectivity index (χ1n) is 18.3. The van der Waals surface area contributed by atoms with Crippen molar-refractivity contribution in [3.8, 4) is 17.2 Å². The molecule has 18 heteroatoms. The minimum Gasteiger partial charge on any atom is -0.507 e. The number of fused-ring (bicyclic) bond motifs is 6. The van der Waals surface area contributed by atoms with Crippen LogP contribution in [0.1, 0.15) is 62.7 Å². The number of carbonyl (C=O) groups excluding carboxylic acids is 4. The first kappa shape index (κ1) is 40.0. The highest BCUT2D eigenvalue weighted by Crippen LogP contribution is 2.54. The average Bonchev–Trinajstić information content (AvgIpc) is 3.54. The maximum atomic E-state index is 14.1. The van der Waals surface area contributed by atoms with E-state index in [9.17, 15) is 39.6 Å². The molecule has 1 unspecified atom stereocenters. The van der Waals surface area contributed by atoms with Crippen LogP contribution in [-0.4, -0.2) is 169 Å². The Hall–Kier alpha value is -4.24. The molecule has 3 aliphatic heterocycles. The summed E-state index contributed by atoms with van der Waals surface area (Å²) in [6.07, 6.45) is -6.09. The van der Waals surface area contributed by atoms with E-state index < -0.39 is 119 Å². The van der Waals surface area contributed by atoms with E-state index in [2.05, 4.69) is 0 Å². The number of rotatable bonds is 10. The minimum absolute atomic E-state index is 0.0339. The van der Waals surface area contributed by atoms with E-state index in [-0.39, 0.29) is 35.9 Å². The van der Waals surface area contributed by atoms with Crippen LogP contribution in [0.3, 0.4) is 0 Å². The van der Waals surface area contributed by atoms with Crippen LogP contribution in [-0.2, 0) is 45.4 Å². The number of nitrogens with zero attached hydrogens (tertiary/aromatic N) is 3. The van der Waals surface area contributed by atoms with Crippen molar-refractivity contribution in [2.24, 2.45) is 0 Å². The maximum absolute atomic E-state index is 14.1. The van der Waals surface area contributed by atoms with Gasteiger partial charge >= 0.3 is 6.09 Å². The van der Waals surface area contributed by atoms with Gasteiger partial charge in [0.2, 0.25) is 17.4 Å². The number of hydrogen-bond acceptors (Lipinski definition) is 17. The first-order chi connectivity index (χ1) is 26.5. The number of ketones is 3. The number of likely N-dealkylation sites (N-methyl/N-ethyl adjacent to an activating group) is 2. The highest BCUT2D eigenvalue weighted by Gasteiger charge is 2.59. The first-order valence-corrected chi connectivity index (χ1v) is 18.3. The molecule has 0 radical (unpaired) electrons. The fraction of sp³-hybridized carbons (Fsp3) is 0.579. The van der Waals surface area contributed by atoms with Crippen molar-refractivity contribution in [1.29, 1.82) is 0 Å². The molecular weight excluding hydrogens is 738 g/mol. The predicted octanol–water partition coefficient (Wildman–Crippen LogP) is 0.453. The van der Waals surface area contributed by atoms with Crippen LogP contribution in [0.25, 0.3) is 0 Å². The molecule has 304 valence electrons. The zero-order chi connectivity index (χ0) is 40.4. The van der Waals surface area contributed by atoms with Crippen molar-refractivity contribution in [3.05, 3.63) is 51.6 Å². The lowest BCUT2D eigenvalue weighted by Crippen LogP contribution is -2.57. The van der Waals surface area contributed by atoms with Crippen LogP contribution in [0.15, 0.2) is 18.2 Å². The zero-order valence-electron chi connectivity index (χ0n) is 32.0. The quantitative estimate of drug-likeness (QED) is 0.162. The molecule has 7 rings (SSSR count). The second-order valence-electron chi connectivity index (χ2n) is 15.1. The summed E-state index contributed by atoms with van der Waals surface area (Å²) in [5.74, 6) is -7.39. The fourth-order valence-corrected chi connectivity index (χ4v) is 8.46. The van der Waals surface area contributed by atoms with E-state index in [1.165, 1.54) is 44.4 Å². The Morgan fingerprint density at radius 2 is 1.73 bits per heavy atom. The highest BCUT2D eigenvalue weighted by molar-refractivity contribution is 6.31. The van der Waals surface area contributed by atoms with E-state index in [4.69, 9.17) is 33.2 Å². The van der Waals surface area contributed by atoms with Gasteiger partial charge in [0.15, 0.2) is 31.2 Å². The molecule has 3 heterocycles. The molecular formula is C38H47N3O15. The van der Waals surface area contributed by atoms with E-state index in [0.717, 1.165) is 0 Å². The number of phenols is 2. The SMILES string of the molecule is COc1cccc2c1C(=O)c1c(O)c3c(c(O)c1C2=O)C[C@@](O)(C(=O)COC(=O)N(C)CCN(C)C)C[C@]3(O)OC1C[C@H]2[C@H](O[C@@H]3[C@@H](OC)OCCN32)[C@H](C)O1. The third-order valence-corrected chi connectivity index (χ3v) is 11.3. The zero-order valence-corrected chi connectivity index (χ0v) is 32.0. The number of morpholine rings is 1. The fourth-order valence-electron chi connectivity index (χ4n) is 8.46. The van der Waals surface area contributed by atoms with Crippen LogP contribution >= 0.6 is 0 Å². The number of carbonyl (C=O) groups is 4. The lowest BCUT2D eigenvalue weighted by molar-refractivity contribution is -0.339. The molecule has 1 amide bonds. The summed E-state index contributed by atoms with van der Waals surface area (Å²) in [6, 6.07) is 3.96. The second-order valence-corrected chi connectivity index (χ2v) is 15.1. The van der Waals surface area contributed by atoms with Gasteiger partial charge in [-0.25, -0.2) is 4.79 Å². The van der Waals surface area contributed by atoms with E-state index in [1.807, 2.05) is 23.9 Å². The van der Waals surface area contributed by atoms with Gasteiger partial charge in [-0.1, -0.05) is 12.1 Å². The molecule has 0 saturated carbocycles. The lowest BCUT2D eigenvalue weighted by atomic mass is 9.70. The summed E-state index contributed by atoms with van der Waals surface area (Å²) in [6.45, 7) is 2.42. The molecule has 0 bridgehead atoms. The molecule has 3 fully saturated rings. The molecule has 56 heavy (non-hydrogen) atoms. The number of aromatic hydroxyl groups is 2. The van der Waals surface area contributed by atoms with E-state index >= 15 is 0 Å². The lowest BCUT2D eigenvalue weighted by Gasteiger charge is -2.46. The van der Waals surface area contributed by atoms with Crippen LogP contribution in [0.4, 0.5) is 4.79 Å². The summed E-state index contributed by atoms with van der Waals surface area (Å²) >= 11 is 0.